The van der Waals surface area contributed by atoms with Crippen LogP contribution in [0.15, 0.2) is 75.1 Å². The lowest BCUT2D eigenvalue weighted by atomic mass is 10.1. The summed E-state index contributed by atoms with van der Waals surface area (Å²) in [6.45, 7) is 2.20. The van der Waals surface area contributed by atoms with Crippen molar-refractivity contribution in [1.82, 2.24) is 9.55 Å². The van der Waals surface area contributed by atoms with Crippen LogP contribution in [0.1, 0.15) is 17.5 Å². The summed E-state index contributed by atoms with van der Waals surface area (Å²) >= 11 is 6.09. The van der Waals surface area contributed by atoms with Crippen molar-refractivity contribution in [2.45, 2.75) is 31.2 Å². The lowest BCUT2D eigenvalue weighted by Crippen LogP contribution is -2.34. The number of nitrogens with one attached hydrogen (secondary N) is 2. The van der Waals surface area contributed by atoms with Crippen LogP contribution in [-0.2, 0) is 27.8 Å². The van der Waals surface area contributed by atoms with Crippen LogP contribution in [0.3, 0.4) is 0 Å². The van der Waals surface area contributed by atoms with E-state index in [9.17, 15) is 22.8 Å². The third-order valence-electron chi connectivity index (χ3n) is 6.49. The summed E-state index contributed by atoms with van der Waals surface area (Å²) in [6.07, 6.45) is 0.617. The number of aryl methyl sites for hydroxylation is 1. The van der Waals surface area contributed by atoms with Gasteiger partial charge in [0.25, 0.3) is 15.6 Å². The molecule has 0 aliphatic carbocycles. The molecule has 0 spiro atoms. The van der Waals surface area contributed by atoms with E-state index in [4.69, 9.17) is 11.6 Å². The van der Waals surface area contributed by atoms with E-state index in [-0.39, 0.29) is 23.8 Å². The van der Waals surface area contributed by atoms with Gasteiger partial charge in [-0.15, -0.1) is 0 Å². The highest BCUT2D eigenvalue weighted by Crippen LogP contribution is 2.32. The molecule has 11 heteroatoms. The number of benzene rings is 3. The number of hydrogen-bond donors (Lipinski definition) is 2. The molecular formula is C26H23ClN4O5S. The zero-order chi connectivity index (χ0) is 26.3. The lowest BCUT2D eigenvalue weighted by molar-refractivity contribution is -0.118. The molecule has 190 valence electrons. The van der Waals surface area contributed by atoms with Crippen LogP contribution in [0.4, 0.5) is 11.4 Å². The molecule has 0 saturated carbocycles. The summed E-state index contributed by atoms with van der Waals surface area (Å²) in [5.41, 5.74) is 1.83. The third kappa shape index (κ3) is 4.65. The second-order valence-electron chi connectivity index (χ2n) is 8.79. The Morgan fingerprint density at radius 2 is 1.86 bits per heavy atom. The van der Waals surface area contributed by atoms with Crippen molar-refractivity contribution >= 4 is 49.8 Å². The number of amides is 1. The van der Waals surface area contributed by atoms with Crippen LogP contribution in [0.5, 0.6) is 0 Å². The van der Waals surface area contributed by atoms with Crippen LogP contribution in [0, 0.1) is 6.92 Å². The Morgan fingerprint density at radius 1 is 1.08 bits per heavy atom. The van der Waals surface area contributed by atoms with E-state index in [2.05, 4.69) is 9.71 Å². The van der Waals surface area contributed by atoms with Crippen LogP contribution in [-0.4, -0.2) is 30.4 Å². The number of rotatable bonds is 6. The van der Waals surface area contributed by atoms with E-state index < -0.39 is 21.3 Å². The Kier molecular flexibility index (Phi) is 6.38. The molecular weight excluding hydrogens is 516 g/mol. The number of halogens is 1. The number of para-hydroxylation sites is 1. The van der Waals surface area contributed by atoms with Gasteiger partial charge in [0.1, 0.15) is 0 Å². The number of carbonyl (C=O) groups excluding carboxylic acids is 1. The first-order valence-corrected chi connectivity index (χ1v) is 13.4. The molecule has 0 saturated heterocycles. The highest BCUT2D eigenvalue weighted by atomic mass is 35.5. The molecule has 0 fully saturated rings. The fourth-order valence-corrected chi connectivity index (χ4v) is 6.17. The highest BCUT2D eigenvalue weighted by Gasteiger charge is 2.26. The number of hydrogen-bond acceptors (Lipinski definition) is 5. The first-order chi connectivity index (χ1) is 17.7. The van der Waals surface area contributed by atoms with Gasteiger partial charge < -0.3 is 4.90 Å². The Hall–Kier alpha value is -3.89. The van der Waals surface area contributed by atoms with Crippen molar-refractivity contribution in [3.05, 3.63) is 97.7 Å². The molecule has 9 nitrogen and oxygen atoms in total. The maximum Gasteiger partial charge on any atom is 0.328 e. The molecule has 0 unspecified atom stereocenters. The smallest absolute Gasteiger partial charge is 0.312 e. The molecule has 0 radical (unpaired) electrons. The quantitative estimate of drug-likeness (QED) is 0.389. The van der Waals surface area contributed by atoms with Crippen LogP contribution < -0.4 is 20.9 Å². The van der Waals surface area contributed by atoms with E-state index in [1.54, 1.807) is 66.4 Å². The van der Waals surface area contributed by atoms with Gasteiger partial charge in [-0.2, -0.15) is 0 Å². The summed E-state index contributed by atoms with van der Waals surface area (Å²) in [5, 5.41) is 0.743. The molecule has 4 aromatic rings. The first-order valence-electron chi connectivity index (χ1n) is 11.6. The van der Waals surface area contributed by atoms with Gasteiger partial charge in [-0.3, -0.25) is 23.9 Å². The van der Waals surface area contributed by atoms with Crippen molar-refractivity contribution in [2.75, 3.05) is 16.2 Å². The summed E-state index contributed by atoms with van der Waals surface area (Å²) < 4.78 is 29.8. The number of fused-ring (bicyclic) bond motifs is 2. The average molecular weight is 539 g/mol. The molecule has 0 atom stereocenters. The minimum Gasteiger partial charge on any atom is -0.312 e. The fourth-order valence-electron chi connectivity index (χ4n) is 4.62. The number of carbonyl (C=O) groups is 1. The SMILES string of the molecule is Cc1c(Cl)cccc1S(=O)(=O)Nc1ccc2c(c1)CCN2C(=O)CCn1c(=O)[nH]c(=O)c2ccccc21. The monoisotopic (exact) mass is 538 g/mol. The van der Waals surface area contributed by atoms with Gasteiger partial charge >= 0.3 is 5.69 Å². The maximum atomic E-state index is 13.1. The van der Waals surface area contributed by atoms with Gasteiger partial charge in [0.05, 0.1) is 15.8 Å². The molecule has 2 N–H and O–H groups in total. The summed E-state index contributed by atoms with van der Waals surface area (Å²) in [5.74, 6) is -0.177. The zero-order valence-electron chi connectivity index (χ0n) is 19.8. The Balaban J connectivity index is 1.33. The number of sulfonamides is 1. The van der Waals surface area contributed by atoms with E-state index in [1.807, 2.05) is 0 Å². The van der Waals surface area contributed by atoms with Crippen molar-refractivity contribution in [2.24, 2.45) is 0 Å². The van der Waals surface area contributed by atoms with Crippen molar-refractivity contribution in [3.63, 3.8) is 0 Å². The molecule has 37 heavy (non-hydrogen) atoms. The van der Waals surface area contributed by atoms with Gasteiger partial charge in [-0.1, -0.05) is 29.8 Å². The molecule has 2 heterocycles. The normalized spacial score (nSPS) is 13.1. The van der Waals surface area contributed by atoms with Gasteiger partial charge in [0, 0.05) is 35.9 Å². The highest BCUT2D eigenvalue weighted by molar-refractivity contribution is 7.92. The van der Waals surface area contributed by atoms with E-state index >= 15 is 0 Å². The summed E-state index contributed by atoms with van der Waals surface area (Å²) in [6, 6.07) is 16.5. The molecule has 0 bridgehead atoms. The topological polar surface area (TPSA) is 121 Å². The molecule has 1 aromatic heterocycles. The number of nitrogens with zero attached hydrogens (tertiary/aromatic N) is 2. The second kappa shape index (κ2) is 9.53. The minimum atomic E-state index is -3.85. The maximum absolute atomic E-state index is 13.1. The van der Waals surface area contributed by atoms with Gasteiger partial charge in [-0.25, -0.2) is 13.2 Å². The standard InChI is InChI=1S/C26H23ClN4O5S/c1-16-20(27)6-4-8-23(16)37(35,36)29-18-9-10-21-17(15-18)11-13-30(21)24(32)12-14-31-22-7-3-2-5-19(22)25(33)28-26(31)34/h2-10,15,29H,11-14H2,1H3,(H,28,33,34). The van der Waals surface area contributed by atoms with Crippen LogP contribution in [0.25, 0.3) is 10.9 Å². The molecule has 5 rings (SSSR count). The Bertz CT molecular complexity index is 1780. The minimum absolute atomic E-state index is 0.0534. The zero-order valence-corrected chi connectivity index (χ0v) is 21.4. The van der Waals surface area contributed by atoms with Gasteiger partial charge in [0.2, 0.25) is 5.91 Å². The van der Waals surface area contributed by atoms with Gasteiger partial charge in [-0.05, 0) is 66.9 Å². The molecule has 1 aliphatic rings. The molecule has 3 aromatic carbocycles. The third-order valence-corrected chi connectivity index (χ3v) is 8.43. The lowest BCUT2D eigenvalue weighted by Gasteiger charge is -2.18. The summed E-state index contributed by atoms with van der Waals surface area (Å²) in [4.78, 5) is 41.6. The van der Waals surface area contributed by atoms with Gasteiger partial charge in [0.15, 0.2) is 0 Å². The van der Waals surface area contributed by atoms with Crippen molar-refractivity contribution in [1.29, 1.82) is 0 Å². The Labute approximate surface area is 217 Å². The van der Waals surface area contributed by atoms with Crippen molar-refractivity contribution in [3.8, 4) is 0 Å². The number of aromatic amines is 1. The van der Waals surface area contributed by atoms with E-state index in [0.717, 1.165) is 5.56 Å². The van der Waals surface area contributed by atoms with Crippen LogP contribution in [0.2, 0.25) is 5.02 Å². The number of H-pyrrole nitrogens is 1. The van der Waals surface area contributed by atoms with E-state index in [0.29, 0.717) is 45.8 Å². The average Bonchev–Trinajstić information content (AvgIpc) is 3.28. The summed E-state index contributed by atoms with van der Waals surface area (Å²) in [7, 11) is -3.85. The molecule has 1 aliphatic heterocycles. The first kappa shape index (κ1) is 24.8. The molecule has 1 amide bonds. The predicted molar refractivity (Wildman–Crippen MR) is 143 cm³/mol. The van der Waals surface area contributed by atoms with E-state index in [1.165, 1.54) is 10.6 Å². The second-order valence-corrected chi connectivity index (χ2v) is 10.8. The number of aromatic nitrogens is 2. The fraction of sp³-hybridized carbons (Fsp3) is 0.192. The largest absolute Gasteiger partial charge is 0.328 e. The van der Waals surface area contributed by atoms with Crippen molar-refractivity contribution < 1.29 is 13.2 Å². The Morgan fingerprint density at radius 3 is 2.68 bits per heavy atom. The van der Waals surface area contributed by atoms with Crippen LogP contribution >= 0.6 is 11.6 Å². The predicted octanol–water partition coefficient (Wildman–Crippen LogP) is 3.43. The number of anilines is 2.